The fraction of sp³-hybridized carbons (Fsp3) is 0.333. The van der Waals surface area contributed by atoms with Gasteiger partial charge in [-0.15, -0.1) is 0 Å². The van der Waals surface area contributed by atoms with Gasteiger partial charge in [0.1, 0.15) is 12.3 Å². The van der Waals surface area contributed by atoms with Crippen molar-refractivity contribution in [3.8, 4) is 11.4 Å². The van der Waals surface area contributed by atoms with E-state index in [2.05, 4.69) is 5.10 Å². The summed E-state index contributed by atoms with van der Waals surface area (Å²) >= 11 is 0. The molecule has 34 heavy (non-hydrogen) atoms. The second-order valence-electron chi connectivity index (χ2n) is 7.95. The normalized spacial score (nSPS) is 14.8. The number of rotatable bonds is 9. The molecule has 0 aliphatic carbocycles. The highest BCUT2D eigenvalue weighted by atomic mass is 32.2. The molecule has 1 aromatic heterocycles. The van der Waals surface area contributed by atoms with Gasteiger partial charge in [0.05, 0.1) is 31.4 Å². The zero-order chi connectivity index (χ0) is 24.0. The number of aromatic nitrogens is 2. The van der Waals surface area contributed by atoms with Crippen LogP contribution in [-0.2, 0) is 21.4 Å². The van der Waals surface area contributed by atoms with Gasteiger partial charge in [-0.1, -0.05) is 48.5 Å². The van der Waals surface area contributed by atoms with E-state index in [0.717, 1.165) is 5.56 Å². The fourth-order valence-corrected chi connectivity index (χ4v) is 4.60. The van der Waals surface area contributed by atoms with Crippen LogP contribution in [0.3, 0.4) is 0 Å². The number of anilines is 1. The number of hydrogen-bond donors (Lipinski definition) is 0. The fourth-order valence-electron chi connectivity index (χ4n) is 3.77. The zero-order valence-electron chi connectivity index (χ0n) is 19.0. The molecule has 2 aromatic carbocycles. The van der Waals surface area contributed by atoms with Gasteiger partial charge < -0.3 is 14.4 Å². The molecule has 0 spiro atoms. The lowest BCUT2D eigenvalue weighted by molar-refractivity contribution is 0.0884. The van der Waals surface area contributed by atoms with Crippen molar-refractivity contribution in [3.63, 3.8) is 0 Å². The van der Waals surface area contributed by atoms with Crippen LogP contribution in [0.1, 0.15) is 5.56 Å². The molecule has 0 atom stereocenters. The number of hydrogen-bond acceptors (Lipinski definition) is 7. The molecule has 0 N–H and O–H groups in total. The van der Waals surface area contributed by atoms with Gasteiger partial charge in [0.25, 0.3) is 0 Å². The maximum Gasteiger partial charge on any atom is 0.316 e. The minimum Gasteiger partial charge on any atom is -0.484 e. The van der Waals surface area contributed by atoms with E-state index >= 15 is 0 Å². The highest BCUT2D eigenvalue weighted by Crippen LogP contribution is 2.26. The molecule has 180 valence electrons. The first kappa shape index (κ1) is 23.9. The summed E-state index contributed by atoms with van der Waals surface area (Å²) in [7, 11) is -3.26. The predicted molar refractivity (Wildman–Crippen MR) is 130 cm³/mol. The van der Waals surface area contributed by atoms with E-state index in [-0.39, 0.29) is 17.9 Å². The first-order valence-corrected chi connectivity index (χ1v) is 12.9. The first-order chi connectivity index (χ1) is 16.4. The monoisotopic (exact) mass is 484 g/mol. The summed E-state index contributed by atoms with van der Waals surface area (Å²) in [4.78, 5) is 15.3. The molecule has 1 aliphatic heterocycles. The number of para-hydroxylation sites is 1. The first-order valence-electron chi connectivity index (χ1n) is 11.1. The quantitative estimate of drug-likeness (QED) is 0.428. The maximum absolute atomic E-state index is 13.3. The largest absolute Gasteiger partial charge is 0.484 e. The molecule has 10 heteroatoms. The Labute approximate surface area is 199 Å². The molecule has 0 unspecified atom stereocenters. The Hall–Kier alpha value is -3.21. The molecular formula is C24H28N4O5S. The van der Waals surface area contributed by atoms with Crippen LogP contribution >= 0.6 is 0 Å². The van der Waals surface area contributed by atoms with Gasteiger partial charge in [-0.2, -0.15) is 14.1 Å². The van der Waals surface area contributed by atoms with Crippen molar-refractivity contribution in [1.82, 2.24) is 14.1 Å². The number of nitrogens with zero attached hydrogens (tertiary/aromatic N) is 4. The Balaban J connectivity index is 1.51. The molecule has 4 rings (SSSR count). The number of sulfonamides is 1. The molecule has 3 aromatic rings. The molecule has 0 radical (unpaired) electrons. The minimum atomic E-state index is -3.26. The Morgan fingerprint density at radius 1 is 0.912 bits per heavy atom. The lowest BCUT2D eigenvalue weighted by Gasteiger charge is -2.35. The third-order valence-electron chi connectivity index (χ3n) is 5.55. The molecule has 0 saturated carbocycles. The van der Waals surface area contributed by atoms with Crippen molar-refractivity contribution in [2.75, 3.05) is 50.5 Å². The third kappa shape index (κ3) is 5.82. The van der Waals surface area contributed by atoms with Crippen molar-refractivity contribution in [2.45, 2.75) is 6.61 Å². The Morgan fingerprint density at radius 2 is 1.56 bits per heavy atom. The second kappa shape index (κ2) is 10.8. The molecule has 1 fully saturated rings. The molecule has 9 nitrogen and oxygen atoms in total. The van der Waals surface area contributed by atoms with Crippen LogP contribution < -0.4 is 15.2 Å². The number of benzene rings is 2. The Bertz CT molecular complexity index is 1240. The summed E-state index contributed by atoms with van der Waals surface area (Å²) in [6, 6.07) is 18.9. The Kier molecular flexibility index (Phi) is 7.61. The van der Waals surface area contributed by atoms with E-state index in [9.17, 15) is 13.2 Å². The van der Waals surface area contributed by atoms with E-state index in [1.54, 1.807) is 18.3 Å². The number of ether oxygens (including phenoxy) is 2. The Morgan fingerprint density at radius 3 is 2.21 bits per heavy atom. The highest BCUT2D eigenvalue weighted by Gasteiger charge is 2.27. The molecule has 0 amide bonds. The van der Waals surface area contributed by atoms with E-state index < -0.39 is 10.0 Å². The average Bonchev–Trinajstić information content (AvgIpc) is 2.85. The van der Waals surface area contributed by atoms with Crippen molar-refractivity contribution < 1.29 is 17.9 Å². The minimum absolute atomic E-state index is 0.176. The van der Waals surface area contributed by atoms with Gasteiger partial charge in [-0.3, -0.25) is 4.79 Å². The van der Waals surface area contributed by atoms with Crippen molar-refractivity contribution >= 4 is 15.7 Å². The molecule has 0 bridgehead atoms. The zero-order valence-corrected chi connectivity index (χ0v) is 19.9. The highest BCUT2D eigenvalue weighted by molar-refractivity contribution is 7.88. The summed E-state index contributed by atoms with van der Waals surface area (Å²) in [6.07, 6.45) is 2.81. The van der Waals surface area contributed by atoms with Gasteiger partial charge in [-0.05, 0) is 17.7 Å². The topological polar surface area (TPSA) is 94.0 Å². The van der Waals surface area contributed by atoms with Crippen molar-refractivity contribution in [2.24, 2.45) is 0 Å². The third-order valence-corrected chi connectivity index (χ3v) is 6.85. The summed E-state index contributed by atoms with van der Waals surface area (Å²) in [5.74, 6) is 0.176. The van der Waals surface area contributed by atoms with E-state index in [4.69, 9.17) is 9.47 Å². The van der Waals surface area contributed by atoms with Gasteiger partial charge in [0.2, 0.25) is 15.8 Å². The van der Waals surface area contributed by atoms with Crippen LogP contribution in [-0.4, -0.2) is 68.2 Å². The summed E-state index contributed by atoms with van der Waals surface area (Å²) in [5, 5.41) is 4.36. The van der Waals surface area contributed by atoms with Gasteiger partial charge in [0.15, 0.2) is 0 Å². The summed E-state index contributed by atoms with van der Waals surface area (Å²) in [5.41, 5.74) is 1.86. The van der Waals surface area contributed by atoms with Crippen LogP contribution in [0.2, 0.25) is 0 Å². The van der Waals surface area contributed by atoms with Crippen LogP contribution in [0.4, 0.5) is 5.69 Å². The SMILES string of the molecule is CS(=O)(=O)N1CCN(c2cnn(-c3ccccc3)c(=O)c2OCCOCc2ccccc2)CC1. The second-order valence-corrected chi connectivity index (χ2v) is 9.93. The van der Waals surface area contributed by atoms with Crippen molar-refractivity contribution in [1.29, 1.82) is 0 Å². The lowest BCUT2D eigenvalue weighted by Crippen LogP contribution is -2.48. The van der Waals surface area contributed by atoms with E-state index in [0.29, 0.717) is 50.8 Å². The van der Waals surface area contributed by atoms with Crippen LogP contribution in [0, 0.1) is 0 Å². The molecular weight excluding hydrogens is 456 g/mol. The molecule has 2 heterocycles. The maximum atomic E-state index is 13.3. The van der Waals surface area contributed by atoms with E-state index in [1.165, 1.54) is 15.2 Å². The van der Waals surface area contributed by atoms with Gasteiger partial charge in [-0.25, -0.2) is 8.42 Å². The van der Waals surface area contributed by atoms with Crippen molar-refractivity contribution in [3.05, 3.63) is 82.8 Å². The lowest BCUT2D eigenvalue weighted by atomic mass is 10.2. The average molecular weight is 485 g/mol. The summed E-state index contributed by atoms with van der Waals surface area (Å²) in [6.45, 7) is 2.49. The van der Waals surface area contributed by atoms with Crippen LogP contribution in [0.5, 0.6) is 5.75 Å². The van der Waals surface area contributed by atoms with Crippen LogP contribution in [0.15, 0.2) is 71.7 Å². The molecule has 1 saturated heterocycles. The van der Waals surface area contributed by atoms with E-state index in [1.807, 2.05) is 53.4 Å². The molecule has 1 aliphatic rings. The number of piperazine rings is 1. The van der Waals surface area contributed by atoms with Gasteiger partial charge >= 0.3 is 5.56 Å². The van der Waals surface area contributed by atoms with Crippen LogP contribution in [0.25, 0.3) is 5.69 Å². The standard InChI is InChI=1S/C24H28N4O5S/c1-34(30,31)27-14-12-26(13-15-27)22-18-25-28(21-10-6-3-7-11-21)24(29)23(22)33-17-16-32-19-20-8-4-2-5-9-20/h2-11,18H,12-17,19H2,1H3. The predicted octanol–water partition coefficient (Wildman–Crippen LogP) is 1.91. The summed E-state index contributed by atoms with van der Waals surface area (Å²) < 4.78 is 38.1. The smallest absolute Gasteiger partial charge is 0.316 e. The van der Waals surface area contributed by atoms with Gasteiger partial charge in [0, 0.05) is 26.2 Å².